The van der Waals surface area contributed by atoms with Crippen molar-refractivity contribution < 1.29 is 19.6 Å². The Balaban J connectivity index is 2.72. The lowest BCUT2D eigenvalue weighted by Crippen LogP contribution is -2.39. The molecule has 1 rings (SSSR count). The van der Waals surface area contributed by atoms with E-state index in [1.54, 1.807) is 0 Å². The summed E-state index contributed by atoms with van der Waals surface area (Å²) in [6.45, 7) is -0.111. The molecule has 0 heterocycles. The molecule has 98 valence electrons. The van der Waals surface area contributed by atoms with Gasteiger partial charge in [-0.15, -0.1) is 0 Å². The van der Waals surface area contributed by atoms with Crippen molar-refractivity contribution in [3.05, 3.63) is 33.3 Å². The Morgan fingerprint density at radius 2 is 2.33 bits per heavy atom. The van der Waals surface area contributed by atoms with Gasteiger partial charge in [-0.1, -0.05) is 11.6 Å². The highest BCUT2D eigenvalue weighted by Crippen LogP contribution is 2.28. The highest BCUT2D eigenvalue weighted by molar-refractivity contribution is 6.32. The van der Waals surface area contributed by atoms with Crippen LogP contribution in [0.1, 0.15) is 0 Å². The molecule has 0 spiro atoms. The number of carbonyl (C=O) groups is 1. The Morgan fingerprint density at radius 1 is 1.67 bits per heavy atom. The molecule has 7 nitrogen and oxygen atoms in total. The van der Waals surface area contributed by atoms with Gasteiger partial charge in [0.1, 0.15) is 23.4 Å². The standard InChI is InChI=1S/C10H11ClN2O5/c1-12-8(10(14)15)5-18-6-2-3-9(13(16)17)7(11)4-6/h2-4,8,12H,5H2,1H3,(H,14,15). The van der Waals surface area contributed by atoms with Gasteiger partial charge >= 0.3 is 5.97 Å². The number of nitro benzene ring substituents is 1. The lowest BCUT2D eigenvalue weighted by atomic mass is 10.3. The number of hydrogen-bond acceptors (Lipinski definition) is 5. The number of benzene rings is 1. The summed E-state index contributed by atoms with van der Waals surface area (Å²) in [4.78, 5) is 20.6. The van der Waals surface area contributed by atoms with Gasteiger partial charge in [0.15, 0.2) is 0 Å². The van der Waals surface area contributed by atoms with E-state index >= 15 is 0 Å². The quantitative estimate of drug-likeness (QED) is 0.599. The van der Waals surface area contributed by atoms with Crippen LogP contribution < -0.4 is 10.1 Å². The topological polar surface area (TPSA) is 102 Å². The van der Waals surface area contributed by atoms with Gasteiger partial charge in [0.25, 0.3) is 5.69 Å². The number of ether oxygens (including phenoxy) is 1. The van der Waals surface area contributed by atoms with Crippen LogP contribution >= 0.6 is 11.6 Å². The van der Waals surface area contributed by atoms with E-state index < -0.39 is 16.9 Å². The minimum absolute atomic E-state index is 0.0613. The Bertz CT molecular complexity index is 466. The van der Waals surface area contributed by atoms with Crippen molar-refractivity contribution in [3.63, 3.8) is 0 Å². The zero-order valence-corrected chi connectivity index (χ0v) is 10.2. The Labute approximate surface area is 107 Å². The molecule has 1 aromatic rings. The zero-order valence-electron chi connectivity index (χ0n) is 9.42. The van der Waals surface area contributed by atoms with Crippen LogP contribution in [0.15, 0.2) is 18.2 Å². The third kappa shape index (κ3) is 3.57. The van der Waals surface area contributed by atoms with Crippen molar-refractivity contribution in [1.29, 1.82) is 0 Å². The first-order valence-electron chi connectivity index (χ1n) is 4.92. The number of likely N-dealkylation sites (N-methyl/N-ethyl adjacent to an activating group) is 1. The molecule has 1 unspecified atom stereocenters. The smallest absolute Gasteiger partial charge is 0.324 e. The van der Waals surface area contributed by atoms with E-state index in [0.29, 0.717) is 0 Å². The zero-order chi connectivity index (χ0) is 13.7. The van der Waals surface area contributed by atoms with E-state index in [1.165, 1.54) is 25.2 Å². The molecule has 0 saturated carbocycles. The predicted octanol–water partition coefficient (Wildman–Crippen LogP) is 1.30. The molecular weight excluding hydrogens is 264 g/mol. The minimum atomic E-state index is -1.05. The van der Waals surface area contributed by atoms with Gasteiger partial charge in [-0.3, -0.25) is 14.9 Å². The maximum atomic E-state index is 10.7. The number of aliphatic carboxylic acids is 1. The third-order valence-corrected chi connectivity index (χ3v) is 2.48. The molecule has 0 fully saturated rings. The lowest BCUT2D eigenvalue weighted by Gasteiger charge is -2.12. The maximum Gasteiger partial charge on any atom is 0.324 e. The number of nitrogens with one attached hydrogen (secondary N) is 1. The van der Waals surface area contributed by atoms with Gasteiger partial charge in [-0.05, 0) is 13.1 Å². The second-order valence-corrected chi connectivity index (χ2v) is 3.77. The molecular formula is C10H11ClN2O5. The third-order valence-electron chi connectivity index (χ3n) is 2.18. The fraction of sp³-hybridized carbons (Fsp3) is 0.300. The van der Waals surface area contributed by atoms with Gasteiger partial charge < -0.3 is 15.2 Å². The maximum absolute atomic E-state index is 10.7. The molecule has 0 aliphatic heterocycles. The van der Waals surface area contributed by atoms with Crippen LogP contribution in [0.2, 0.25) is 5.02 Å². The molecule has 1 atom stereocenters. The first-order chi connectivity index (χ1) is 8.45. The second-order valence-electron chi connectivity index (χ2n) is 3.36. The molecule has 1 aromatic carbocycles. The van der Waals surface area contributed by atoms with Crippen molar-refractivity contribution >= 4 is 23.3 Å². The van der Waals surface area contributed by atoms with Crippen LogP contribution in [0, 0.1) is 10.1 Å². The summed E-state index contributed by atoms with van der Waals surface area (Å²) in [6.07, 6.45) is 0. The monoisotopic (exact) mass is 274 g/mol. The summed E-state index contributed by atoms with van der Waals surface area (Å²) in [5.74, 6) is -0.780. The predicted molar refractivity (Wildman–Crippen MR) is 64.1 cm³/mol. The number of nitro groups is 1. The van der Waals surface area contributed by atoms with Crippen molar-refractivity contribution in [1.82, 2.24) is 5.32 Å². The first kappa shape index (κ1) is 14.2. The SMILES string of the molecule is CNC(COc1ccc([N+](=O)[O-])c(Cl)c1)C(=O)O. The highest BCUT2D eigenvalue weighted by atomic mass is 35.5. The molecule has 0 radical (unpaired) electrons. The van der Waals surface area contributed by atoms with E-state index in [9.17, 15) is 14.9 Å². The number of carboxylic acids is 1. The summed E-state index contributed by atoms with van der Waals surface area (Å²) < 4.78 is 5.19. The average molecular weight is 275 g/mol. The van der Waals surface area contributed by atoms with E-state index in [1.807, 2.05) is 0 Å². The van der Waals surface area contributed by atoms with Crippen molar-refractivity contribution in [3.8, 4) is 5.75 Å². The van der Waals surface area contributed by atoms with Crippen LogP contribution in [0.5, 0.6) is 5.75 Å². The summed E-state index contributed by atoms with van der Waals surface area (Å²) in [6, 6.07) is 2.97. The molecule has 8 heteroatoms. The fourth-order valence-corrected chi connectivity index (χ4v) is 1.42. The van der Waals surface area contributed by atoms with Gasteiger partial charge in [0.05, 0.1) is 4.92 Å². The van der Waals surface area contributed by atoms with Gasteiger partial charge in [-0.25, -0.2) is 0 Å². The number of halogens is 1. The first-order valence-corrected chi connectivity index (χ1v) is 5.30. The van der Waals surface area contributed by atoms with Crippen LogP contribution in [0.25, 0.3) is 0 Å². The average Bonchev–Trinajstić information content (AvgIpc) is 2.28. The van der Waals surface area contributed by atoms with Crippen LogP contribution in [-0.4, -0.2) is 35.7 Å². The molecule has 0 saturated heterocycles. The van der Waals surface area contributed by atoms with Crippen LogP contribution in [0.4, 0.5) is 5.69 Å². The van der Waals surface area contributed by atoms with Crippen LogP contribution in [-0.2, 0) is 4.79 Å². The van der Waals surface area contributed by atoms with E-state index in [-0.39, 0.29) is 23.1 Å². The minimum Gasteiger partial charge on any atom is -0.491 e. The summed E-state index contributed by atoms with van der Waals surface area (Å²) >= 11 is 5.68. The van der Waals surface area contributed by atoms with Crippen molar-refractivity contribution in [2.45, 2.75) is 6.04 Å². The van der Waals surface area contributed by atoms with Gasteiger partial charge in [0, 0.05) is 12.1 Å². The van der Waals surface area contributed by atoms with E-state index in [4.69, 9.17) is 21.4 Å². The molecule has 0 amide bonds. The Hall–Kier alpha value is -1.86. The molecule has 0 bridgehead atoms. The van der Waals surface area contributed by atoms with E-state index in [2.05, 4.69) is 5.32 Å². The molecule has 0 aliphatic rings. The van der Waals surface area contributed by atoms with Gasteiger partial charge in [0.2, 0.25) is 0 Å². The second kappa shape index (κ2) is 6.18. The molecule has 0 aromatic heterocycles. The van der Waals surface area contributed by atoms with Crippen LogP contribution in [0.3, 0.4) is 0 Å². The number of nitrogens with zero attached hydrogens (tertiary/aromatic N) is 1. The fourth-order valence-electron chi connectivity index (χ4n) is 1.18. The number of carboxylic acid groups (broad SMARTS) is 1. The largest absolute Gasteiger partial charge is 0.491 e. The summed E-state index contributed by atoms with van der Waals surface area (Å²) in [5.41, 5.74) is -0.229. The van der Waals surface area contributed by atoms with E-state index in [0.717, 1.165) is 0 Å². The summed E-state index contributed by atoms with van der Waals surface area (Å²) in [5, 5.41) is 21.8. The lowest BCUT2D eigenvalue weighted by molar-refractivity contribution is -0.384. The summed E-state index contributed by atoms with van der Waals surface area (Å²) in [7, 11) is 1.49. The molecule has 2 N–H and O–H groups in total. The van der Waals surface area contributed by atoms with Crippen molar-refractivity contribution in [2.75, 3.05) is 13.7 Å². The Kier molecular flexibility index (Phi) is 4.87. The van der Waals surface area contributed by atoms with Crippen molar-refractivity contribution in [2.24, 2.45) is 0 Å². The number of rotatable bonds is 6. The molecule has 18 heavy (non-hydrogen) atoms. The van der Waals surface area contributed by atoms with Gasteiger partial charge in [-0.2, -0.15) is 0 Å². The highest BCUT2D eigenvalue weighted by Gasteiger charge is 2.17. The Morgan fingerprint density at radius 3 is 2.78 bits per heavy atom. The molecule has 0 aliphatic carbocycles. The number of hydrogen-bond donors (Lipinski definition) is 2. The normalized spacial score (nSPS) is 11.9.